The Balaban J connectivity index is 1.95. The van der Waals surface area contributed by atoms with Crippen molar-refractivity contribution >= 4 is 5.97 Å². The second-order valence-electron chi connectivity index (χ2n) is 4.54. The molecule has 0 radical (unpaired) electrons. The quantitative estimate of drug-likeness (QED) is 0.840. The Bertz CT molecular complexity index is 391. The fraction of sp³-hybridized carbons (Fsp3) is 0.727. The number of aromatic nitrogens is 2. The van der Waals surface area contributed by atoms with Gasteiger partial charge in [-0.25, -0.2) is 0 Å². The van der Waals surface area contributed by atoms with E-state index in [0.717, 1.165) is 25.9 Å². The Kier molecular flexibility index (Phi) is 3.73. The minimum absolute atomic E-state index is 0.0452. The number of hydrogen-bond donors (Lipinski definition) is 1. The number of likely N-dealkylation sites (N-methyl/N-ethyl adjacent to an activating group) is 1. The molecule has 0 saturated carbocycles. The average Bonchev–Trinajstić information content (AvgIpc) is 2.75. The highest BCUT2D eigenvalue weighted by atomic mass is 16.5. The molecule has 0 bridgehead atoms. The maximum Gasteiger partial charge on any atom is 0.303 e. The van der Waals surface area contributed by atoms with Gasteiger partial charge in [-0.1, -0.05) is 5.16 Å². The van der Waals surface area contributed by atoms with Crippen LogP contribution in [0, 0.1) is 0 Å². The summed E-state index contributed by atoms with van der Waals surface area (Å²) in [6.07, 6.45) is 2.57. The largest absolute Gasteiger partial charge is 0.481 e. The molecule has 6 nitrogen and oxygen atoms in total. The molecular formula is C11H17N3O3. The van der Waals surface area contributed by atoms with Crippen molar-refractivity contribution in [2.45, 2.75) is 31.6 Å². The lowest BCUT2D eigenvalue weighted by Gasteiger charge is -2.27. The highest BCUT2D eigenvalue weighted by Crippen LogP contribution is 2.24. The van der Waals surface area contributed by atoms with Crippen molar-refractivity contribution in [2.24, 2.45) is 0 Å². The Morgan fingerprint density at radius 3 is 3.18 bits per heavy atom. The highest BCUT2D eigenvalue weighted by Gasteiger charge is 2.24. The lowest BCUT2D eigenvalue weighted by Crippen LogP contribution is -2.30. The van der Waals surface area contributed by atoms with Gasteiger partial charge in [-0.05, 0) is 26.4 Å². The van der Waals surface area contributed by atoms with E-state index in [1.807, 2.05) is 0 Å². The van der Waals surface area contributed by atoms with Crippen molar-refractivity contribution in [2.75, 3.05) is 20.1 Å². The first kappa shape index (κ1) is 12.0. The van der Waals surface area contributed by atoms with Crippen LogP contribution in [-0.4, -0.2) is 46.3 Å². The Labute approximate surface area is 99.6 Å². The number of carboxylic acids is 1. The SMILES string of the molecule is CN1CCCC(c2nc(CCC(=O)O)no2)C1. The zero-order valence-corrected chi connectivity index (χ0v) is 9.93. The van der Waals surface area contributed by atoms with E-state index >= 15 is 0 Å². The third-order valence-corrected chi connectivity index (χ3v) is 3.02. The molecule has 1 aliphatic heterocycles. The van der Waals surface area contributed by atoms with Crippen LogP contribution < -0.4 is 0 Å². The van der Waals surface area contributed by atoms with Gasteiger partial charge in [0.2, 0.25) is 5.89 Å². The number of likely N-dealkylation sites (tertiary alicyclic amines) is 1. The summed E-state index contributed by atoms with van der Waals surface area (Å²) in [5.41, 5.74) is 0. The van der Waals surface area contributed by atoms with Crippen molar-refractivity contribution in [3.05, 3.63) is 11.7 Å². The summed E-state index contributed by atoms with van der Waals surface area (Å²) < 4.78 is 5.20. The summed E-state index contributed by atoms with van der Waals surface area (Å²) in [5.74, 6) is 0.598. The highest BCUT2D eigenvalue weighted by molar-refractivity contribution is 5.66. The number of aliphatic carboxylic acids is 1. The van der Waals surface area contributed by atoms with Gasteiger partial charge in [0.15, 0.2) is 5.82 Å². The number of rotatable bonds is 4. The maximum atomic E-state index is 10.4. The molecule has 2 heterocycles. The molecule has 0 aliphatic carbocycles. The van der Waals surface area contributed by atoms with E-state index in [2.05, 4.69) is 22.1 Å². The molecule has 1 aromatic heterocycles. The third-order valence-electron chi connectivity index (χ3n) is 3.02. The minimum atomic E-state index is -0.839. The second kappa shape index (κ2) is 5.27. The predicted molar refractivity (Wildman–Crippen MR) is 59.7 cm³/mol. The van der Waals surface area contributed by atoms with E-state index in [1.54, 1.807) is 0 Å². The smallest absolute Gasteiger partial charge is 0.303 e. The standard InChI is InChI=1S/C11H17N3O3/c1-14-6-2-3-8(7-14)11-12-9(13-17-11)4-5-10(15)16/h8H,2-7H2,1H3,(H,15,16). The van der Waals surface area contributed by atoms with Crippen molar-refractivity contribution in [3.8, 4) is 0 Å². The second-order valence-corrected chi connectivity index (χ2v) is 4.54. The van der Waals surface area contributed by atoms with Crippen LogP contribution in [0.5, 0.6) is 0 Å². The first-order valence-electron chi connectivity index (χ1n) is 5.88. The summed E-state index contributed by atoms with van der Waals surface area (Å²) in [7, 11) is 2.08. The molecule has 94 valence electrons. The van der Waals surface area contributed by atoms with Crippen molar-refractivity contribution < 1.29 is 14.4 Å². The minimum Gasteiger partial charge on any atom is -0.481 e. The summed E-state index contributed by atoms with van der Waals surface area (Å²) in [6, 6.07) is 0. The molecule has 1 saturated heterocycles. The van der Waals surface area contributed by atoms with Crippen LogP contribution in [0.2, 0.25) is 0 Å². The van der Waals surface area contributed by atoms with Crippen molar-refractivity contribution in [1.82, 2.24) is 15.0 Å². The molecule has 1 aromatic rings. The van der Waals surface area contributed by atoms with Gasteiger partial charge in [0.05, 0.1) is 12.3 Å². The Morgan fingerprint density at radius 2 is 2.47 bits per heavy atom. The lowest BCUT2D eigenvalue weighted by molar-refractivity contribution is -0.137. The zero-order chi connectivity index (χ0) is 12.3. The van der Waals surface area contributed by atoms with E-state index in [4.69, 9.17) is 9.63 Å². The van der Waals surface area contributed by atoms with E-state index < -0.39 is 5.97 Å². The van der Waals surface area contributed by atoms with E-state index in [0.29, 0.717) is 24.1 Å². The fourth-order valence-corrected chi connectivity index (χ4v) is 2.12. The molecule has 1 aliphatic rings. The van der Waals surface area contributed by atoms with Crippen molar-refractivity contribution in [3.63, 3.8) is 0 Å². The number of nitrogens with zero attached hydrogens (tertiary/aromatic N) is 3. The summed E-state index contributed by atoms with van der Waals surface area (Å²) in [6.45, 7) is 2.04. The number of hydrogen-bond acceptors (Lipinski definition) is 5. The molecular weight excluding hydrogens is 222 g/mol. The monoisotopic (exact) mass is 239 g/mol. The first-order valence-corrected chi connectivity index (χ1v) is 5.88. The van der Waals surface area contributed by atoms with Crippen molar-refractivity contribution in [1.29, 1.82) is 0 Å². The summed E-state index contributed by atoms with van der Waals surface area (Å²) in [5, 5.41) is 12.4. The van der Waals surface area contributed by atoms with Gasteiger partial charge in [0, 0.05) is 13.0 Å². The Morgan fingerprint density at radius 1 is 1.65 bits per heavy atom. The third kappa shape index (κ3) is 3.26. The molecule has 0 amide bonds. The molecule has 1 N–H and O–H groups in total. The van der Waals surface area contributed by atoms with Crippen LogP contribution in [0.25, 0.3) is 0 Å². The zero-order valence-electron chi connectivity index (χ0n) is 9.93. The predicted octanol–water partition coefficient (Wildman–Crippen LogP) is 0.896. The topological polar surface area (TPSA) is 79.5 Å². The number of piperidine rings is 1. The van der Waals surface area contributed by atoms with E-state index in [-0.39, 0.29) is 6.42 Å². The van der Waals surface area contributed by atoms with E-state index in [9.17, 15) is 4.79 Å². The van der Waals surface area contributed by atoms with Gasteiger partial charge >= 0.3 is 5.97 Å². The molecule has 0 spiro atoms. The van der Waals surface area contributed by atoms with Crippen LogP contribution in [0.1, 0.15) is 36.9 Å². The van der Waals surface area contributed by atoms with Gasteiger partial charge in [-0.2, -0.15) is 4.98 Å². The van der Waals surface area contributed by atoms with Gasteiger partial charge in [-0.15, -0.1) is 0 Å². The van der Waals surface area contributed by atoms with E-state index in [1.165, 1.54) is 0 Å². The molecule has 1 atom stereocenters. The van der Waals surface area contributed by atoms with Gasteiger partial charge in [-0.3, -0.25) is 4.79 Å². The number of carboxylic acid groups (broad SMARTS) is 1. The molecule has 1 fully saturated rings. The number of aryl methyl sites for hydroxylation is 1. The fourth-order valence-electron chi connectivity index (χ4n) is 2.12. The first-order chi connectivity index (χ1) is 8.15. The molecule has 0 aromatic carbocycles. The molecule has 2 rings (SSSR count). The molecule has 6 heteroatoms. The van der Waals surface area contributed by atoms with Crippen LogP contribution in [0.3, 0.4) is 0 Å². The Hall–Kier alpha value is -1.43. The maximum absolute atomic E-state index is 10.4. The average molecular weight is 239 g/mol. The van der Waals surface area contributed by atoms with Gasteiger partial charge < -0.3 is 14.5 Å². The summed E-state index contributed by atoms with van der Waals surface area (Å²) in [4.78, 5) is 16.9. The van der Waals surface area contributed by atoms with Crippen LogP contribution in [0.4, 0.5) is 0 Å². The normalized spacial score (nSPS) is 21.6. The number of carbonyl (C=O) groups is 1. The van der Waals surface area contributed by atoms with Gasteiger partial charge in [0.25, 0.3) is 0 Å². The molecule has 1 unspecified atom stereocenters. The van der Waals surface area contributed by atoms with Gasteiger partial charge in [0.1, 0.15) is 0 Å². The lowest BCUT2D eigenvalue weighted by atomic mass is 9.98. The summed E-state index contributed by atoms with van der Waals surface area (Å²) >= 11 is 0. The molecule has 17 heavy (non-hydrogen) atoms. The van der Waals surface area contributed by atoms with Crippen LogP contribution in [0.15, 0.2) is 4.52 Å². The van der Waals surface area contributed by atoms with Crippen LogP contribution in [-0.2, 0) is 11.2 Å². The van der Waals surface area contributed by atoms with Crippen LogP contribution >= 0.6 is 0 Å².